The van der Waals surface area contributed by atoms with E-state index in [9.17, 15) is 21.6 Å². The average Bonchev–Trinajstić information content (AvgIpc) is 3.17. The van der Waals surface area contributed by atoms with Crippen molar-refractivity contribution in [2.45, 2.75) is 74.0 Å². The number of nitrogens with one attached hydrogen (secondary N) is 3. The Morgan fingerprint density at radius 3 is 2.39 bits per heavy atom. The monoisotopic (exact) mass is 487 g/mol. The molecule has 2 aliphatic rings. The van der Waals surface area contributed by atoms with Crippen LogP contribution in [0.25, 0.3) is 11.4 Å². The first-order valence-corrected chi connectivity index (χ1v) is 12.7. The van der Waals surface area contributed by atoms with Crippen LogP contribution in [0.3, 0.4) is 0 Å². The van der Waals surface area contributed by atoms with Gasteiger partial charge >= 0.3 is 6.18 Å². The van der Waals surface area contributed by atoms with Gasteiger partial charge in [-0.2, -0.15) is 13.2 Å². The average molecular weight is 488 g/mol. The number of nitrogens with two attached hydrogens (primary N) is 1. The van der Waals surface area contributed by atoms with Gasteiger partial charge in [0.15, 0.2) is 5.82 Å². The van der Waals surface area contributed by atoms with E-state index in [0.717, 1.165) is 51.3 Å². The predicted molar refractivity (Wildman–Crippen MR) is 115 cm³/mol. The molecule has 0 radical (unpaired) electrons. The molecule has 1 aromatic carbocycles. The lowest BCUT2D eigenvalue weighted by molar-refractivity contribution is -0.139. The van der Waals surface area contributed by atoms with Crippen molar-refractivity contribution < 1.29 is 21.6 Å². The number of halogens is 3. The highest BCUT2D eigenvalue weighted by Gasteiger charge is 2.40. The van der Waals surface area contributed by atoms with Crippen molar-refractivity contribution in [1.82, 2.24) is 31.3 Å². The fourth-order valence-corrected chi connectivity index (χ4v) is 6.05. The van der Waals surface area contributed by atoms with Crippen molar-refractivity contribution in [3.63, 3.8) is 0 Å². The Morgan fingerprint density at radius 1 is 1.03 bits per heavy atom. The second-order valence-electron chi connectivity index (χ2n) is 8.79. The number of aromatic nitrogens is 4. The van der Waals surface area contributed by atoms with Gasteiger partial charge in [-0.1, -0.05) is 6.07 Å². The number of tetrazole rings is 1. The summed E-state index contributed by atoms with van der Waals surface area (Å²) in [4.78, 5) is -0.989. The third kappa shape index (κ3) is 5.53. The summed E-state index contributed by atoms with van der Waals surface area (Å²) in [6, 6.07) is 2.92. The maximum Gasteiger partial charge on any atom is 0.417 e. The highest BCUT2D eigenvalue weighted by Crippen LogP contribution is 2.44. The van der Waals surface area contributed by atoms with E-state index >= 15 is 0 Å². The third-order valence-corrected chi connectivity index (χ3v) is 7.57. The van der Waals surface area contributed by atoms with E-state index in [4.69, 9.17) is 5.14 Å². The standard InChI is InChI=1S/C20H28F3N7O2S/c21-20(22,23)16-8-7-15(17(18(16)33(24,31)32)19-27-29-30-28-19)12-3-5-14(6-4-12)26-13-2-1-10-25-11-9-13/h7-8,12-14,25-26H,1-6,9-11H2,(H2,24,31,32)(H,27,28,29,30)/t12-,13?,14-. The highest BCUT2D eigenvalue weighted by molar-refractivity contribution is 7.89. The lowest BCUT2D eigenvalue weighted by Crippen LogP contribution is -2.40. The van der Waals surface area contributed by atoms with Gasteiger partial charge in [-0.3, -0.25) is 0 Å². The summed E-state index contributed by atoms with van der Waals surface area (Å²) in [7, 11) is -4.72. The number of H-pyrrole nitrogens is 1. The van der Waals surface area contributed by atoms with Crippen molar-refractivity contribution in [2.75, 3.05) is 13.1 Å². The molecule has 2 fully saturated rings. The minimum Gasteiger partial charge on any atom is -0.317 e. The highest BCUT2D eigenvalue weighted by atomic mass is 32.2. The number of benzene rings is 1. The Bertz CT molecular complexity index is 1040. The molecular formula is C20H28F3N7O2S. The van der Waals surface area contributed by atoms with Gasteiger partial charge in [0.25, 0.3) is 0 Å². The molecular weight excluding hydrogens is 459 g/mol. The third-order valence-electron chi connectivity index (χ3n) is 6.58. The van der Waals surface area contributed by atoms with Crippen LogP contribution in [-0.2, 0) is 16.2 Å². The van der Waals surface area contributed by atoms with Crippen molar-refractivity contribution in [3.05, 3.63) is 23.3 Å². The summed E-state index contributed by atoms with van der Waals surface area (Å²) in [5, 5.41) is 25.4. The molecule has 0 amide bonds. The number of rotatable bonds is 5. The number of sulfonamides is 1. The summed E-state index contributed by atoms with van der Waals surface area (Å²) in [6.45, 7) is 2.02. The van der Waals surface area contributed by atoms with Crippen LogP contribution in [0.5, 0.6) is 0 Å². The fourth-order valence-electron chi connectivity index (χ4n) is 5.06. The van der Waals surface area contributed by atoms with Crippen LogP contribution in [0.4, 0.5) is 13.2 Å². The first kappa shape index (κ1) is 24.0. The molecule has 1 saturated heterocycles. The van der Waals surface area contributed by atoms with Crippen molar-refractivity contribution in [1.29, 1.82) is 0 Å². The zero-order valence-corrected chi connectivity index (χ0v) is 18.8. The lowest BCUT2D eigenvalue weighted by Gasteiger charge is -2.33. The molecule has 13 heteroatoms. The van der Waals surface area contributed by atoms with E-state index in [1.165, 1.54) is 6.07 Å². The van der Waals surface area contributed by atoms with Gasteiger partial charge in [0.1, 0.15) is 4.90 Å². The van der Waals surface area contributed by atoms with Crippen LogP contribution >= 0.6 is 0 Å². The van der Waals surface area contributed by atoms with E-state index in [1.807, 2.05) is 0 Å². The molecule has 0 bridgehead atoms. The molecule has 9 nitrogen and oxygen atoms in total. The van der Waals surface area contributed by atoms with Gasteiger partial charge in [0.2, 0.25) is 10.0 Å². The maximum atomic E-state index is 13.7. The Morgan fingerprint density at radius 2 is 1.76 bits per heavy atom. The molecule has 1 saturated carbocycles. The molecule has 1 aromatic heterocycles. The van der Waals surface area contributed by atoms with E-state index in [2.05, 4.69) is 31.3 Å². The Balaban J connectivity index is 1.63. The van der Waals surface area contributed by atoms with Gasteiger partial charge in [-0.05, 0) is 86.0 Å². The van der Waals surface area contributed by atoms with Gasteiger partial charge in [-0.15, -0.1) is 5.10 Å². The number of aromatic amines is 1. The topological polar surface area (TPSA) is 139 Å². The number of hydrogen-bond donors (Lipinski definition) is 4. The Labute approximate surface area is 190 Å². The molecule has 4 rings (SSSR count). The van der Waals surface area contributed by atoms with Crippen LogP contribution < -0.4 is 15.8 Å². The maximum absolute atomic E-state index is 13.7. The largest absolute Gasteiger partial charge is 0.417 e. The van der Waals surface area contributed by atoms with Crippen molar-refractivity contribution in [2.24, 2.45) is 5.14 Å². The molecule has 2 heterocycles. The molecule has 2 aromatic rings. The lowest BCUT2D eigenvalue weighted by atomic mass is 9.79. The van der Waals surface area contributed by atoms with E-state index < -0.39 is 26.7 Å². The predicted octanol–water partition coefficient (Wildman–Crippen LogP) is 2.29. The zero-order chi connectivity index (χ0) is 23.6. The van der Waals surface area contributed by atoms with Gasteiger partial charge in [0, 0.05) is 17.6 Å². The van der Waals surface area contributed by atoms with E-state index in [-0.39, 0.29) is 17.3 Å². The minimum atomic E-state index is -4.91. The molecule has 1 aliphatic heterocycles. The summed E-state index contributed by atoms with van der Waals surface area (Å²) < 4.78 is 65.7. The second-order valence-corrected chi connectivity index (χ2v) is 10.3. The number of primary sulfonamides is 1. The molecule has 1 atom stereocenters. The number of alkyl halides is 3. The van der Waals surface area contributed by atoms with Crippen LogP contribution in [0, 0.1) is 0 Å². The van der Waals surface area contributed by atoms with Crippen LogP contribution in [0.1, 0.15) is 62.0 Å². The van der Waals surface area contributed by atoms with E-state index in [1.54, 1.807) is 0 Å². The molecule has 0 spiro atoms. The quantitative estimate of drug-likeness (QED) is 0.508. The number of hydrogen-bond acceptors (Lipinski definition) is 7. The summed E-state index contributed by atoms with van der Waals surface area (Å²) in [5.74, 6) is -0.284. The SMILES string of the molecule is NS(=O)(=O)c1c(C(F)(F)F)ccc([C@H]2CC[C@H](NC3CCCNCC3)CC2)c1-c1nnn[nH]1. The van der Waals surface area contributed by atoms with Crippen LogP contribution in [0.2, 0.25) is 0 Å². The second kappa shape index (κ2) is 9.65. The Hall–Kier alpha value is -2.09. The normalized spacial score (nSPS) is 25.0. The van der Waals surface area contributed by atoms with Crippen molar-refractivity contribution in [3.8, 4) is 11.4 Å². The van der Waals surface area contributed by atoms with Crippen molar-refractivity contribution >= 4 is 10.0 Å². The Kier molecular flexibility index (Phi) is 7.03. The van der Waals surface area contributed by atoms with Crippen LogP contribution in [-0.4, -0.2) is 54.2 Å². The summed E-state index contributed by atoms with van der Waals surface area (Å²) >= 11 is 0. The summed E-state index contributed by atoms with van der Waals surface area (Å²) in [5.41, 5.74) is -1.05. The smallest absolute Gasteiger partial charge is 0.317 e. The zero-order valence-electron chi connectivity index (χ0n) is 18.0. The van der Waals surface area contributed by atoms with E-state index in [0.29, 0.717) is 30.5 Å². The van der Waals surface area contributed by atoms with Gasteiger partial charge in [-0.25, -0.2) is 18.7 Å². The summed E-state index contributed by atoms with van der Waals surface area (Å²) in [6.07, 6.45) is 1.49. The molecule has 182 valence electrons. The molecule has 33 heavy (non-hydrogen) atoms. The number of nitrogens with zero attached hydrogens (tertiary/aromatic N) is 3. The van der Waals surface area contributed by atoms with Gasteiger partial charge < -0.3 is 10.6 Å². The first-order chi connectivity index (χ1) is 15.6. The first-order valence-electron chi connectivity index (χ1n) is 11.1. The van der Waals surface area contributed by atoms with Gasteiger partial charge in [0.05, 0.1) is 5.56 Å². The van der Waals surface area contributed by atoms with Crippen LogP contribution in [0.15, 0.2) is 17.0 Å². The minimum absolute atomic E-state index is 0.137. The molecule has 1 unspecified atom stereocenters. The molecule has 1 aliphatic carbocycles. The molecule has 5 N–H and O–H groups in total. The fraction of sp³-hybridized carbons (Fsp3) is 0.650.